The van der Waals surface area contributed by atoms with E-state index in [0.717, 1.165) is 16.5 Å². The van der Waals surface area contributed by atoms with Crippen LogP contribution in [0.4, 0.5) is 5.69 Å². The Balaban J connectivity index is 1.74. The molecule has 1 aliphatic heterocycles. The summed E-state index contributed by atoms with van der Waals surface area (Å²) in [5, 5.41) is 5.97. The van der Waals surface area contributed by atoms with Crippen molar-refractivity contribution in [3.05, 3.63) is 51.5 Å². The van der Waals surface area contributed by atoms with Crippen molar-refractivity contribution >= 4 is 45.0 Å². The molecule has 0 saturated carbocycles. The topological polar surface area (TPSA) is 76.7 Å². The summed E-state index contributed by atoms with van der Waals surface area (Å²) in [6.45, 7) is 2.52. The molecule has 0 spiro atoms. The molecule has 0 saturated heterocycles. The van der Waals surface area contributed by atoms with Gasteiger partial charge in [0, 0.05) is 30.0 Å². The van der Waals surface area contributed by atoms with Gasteiger partial charge in [0.2, 0.25) is 11.8 Å². The van der Waals surface area contributed by atoms with Crippen LogP contribution in [0.15, 0.2) is 40.9 Å². The molecule has 28 heavy (non-hydrogen) atoms. The van der Waals surface area contributed by atoms with Crippen LogP contribution in [0.2, 0.25) is 5.02 Å². The van der Waals surface area contributed by atoms with E-state index in [4.69, 9.17) is 21.1 Å². The van der Waals surface area contributed by atoms with Gasteiger partial charge in [0.05, 0.1) is 36.4 Å². The minimum atomic E-state index is -0.454. The first kappa shape index (κ1) is 20.5. The van der Waals surface area contributed by atoms with Crippen LogP contribution in [-0.2, 0) is 9.59 Å². The minimum Gasteiger partial charge on any atom is -0.490 e. The smallest absolute Gasteiger partial charge is 0.226 e. The average Bonchev–Trinajstić information content (AvgIpc) is 2.86. The zero-order chi connectivity index (χ0) is 20.1. The fourth-order valence-electron chi connectivity index (χ4n) is 2.86. The number of benzene rings is 2. The summed E-state index contributed by atoms with van der Waals surface area (Å²) in [6, 6.07) is 10.3. The predicted octanol–water partition coefficient (Wildman–Crippen LogP) is 4.47. The van der Waals surface area contributed by atoms with E-state index in [1.54, 1.807) is 12.1 Å². The highest BCUT2D eigenvalue weighted by Gasteiger charge is 2.20. The summed E-state index contributed by atoms with van der Waals surface area (Å²) in [5.74, 6) is 0.613. The molecule has 2 aromatic carbocycles. The molecule has 148 valence electrons. The fraction of sp³-hybridized carbons (Fsp3) is 0.300. The van der Waals surface area contributed by atoms with Gasteiger partial charge in [-0.1, -0.05) is 39.7 Å². The van der Waals surface area contributed by atoms with Crippen molar-refractivity contribution in [3.63, 3.8) is 0 Å². The van der Waals surface area contributed by atoms with Crippen molar-refractivity contribution in [2.45, 2.75) is 25.8 Å². The molecule has 1 heterocycles. The highest BCUT2D eigenvalue weighted by Crippen LogP contribution is 2.37. The number of nitrogens with one attached hydrogen (secondary N) is 2. The molecule has 2 amide bonds. The second-order valence-corrected chi connectivity index (χ2v) is 7.71. The van der Waals surface area contributed by atoms with Gasteiger partial charge in [-0.2, -0.15) is 0 Å². The van der Waals surface area contributed by atoms with Crippen molar-refractivity contribution < 1.29 is 19.1 Å². The SMILES string of the molecule is CC(=O)NC(CC(=O)Nc1cc2c(cc1Cl)OCCCO2)c1ccc(Br)cc1. The highest BCUT2D eigenvalue weighted by molar-refractivity contribution is 9.10. The number of amides is 2. The van der Waals surface area contributed by atoms with Crippen LogP contribution >= 0.6 is 27.5 Å². The van der Waals surface area contributed by atoms with E-state index in [1.165, 1.54) is 6.92 Å². The Morgan fingerprint density at radius 3 is 2.43 bits per heavy atom. The summed E-state index contributed by atoms with van der Waals surface area (Å²) >= 11 is 9.67. The largest absolute Gasteiger partial charge is 0.490 e. The Bertz CT molecular complexity index is 873. The first-order valence-electron chi connectivity index (χ1n) is 8.84. The Kier molecular flexibility index (Phi) is 6.80. The van der Waals surface area contributed by atoms with Crippen molar-refractivity contribution in [2.24, 2.45) is 0 Å². The maximum atomic E-state index is 12.6. The second-order valence-electron chi connectivity index (χ2n) is 6.39. The van der Waals surface area contributed by atoms with Crippen LogP contribution in [0.5, 0.6) is 11.5 Å². The fourth-order valence-corrected chi connectivity index (χ4v) is 3.32. The molecule has 0 bridgehead atoms. The summed E-state index contributed by atoms with van der Waals surface area (Å²) in [6.07, 6.45) is 0.839. The van der Waals surface area contributed by atoms with Crippen LogP contribution in [0.25, 0.3) is 0 Å². The molecule has 3 rings (SSSR count). The van der Waals surface area contributed by atoms with E-state index in [-0.39, 0.29) is 18.2 Å². The molecule has 0 aromatic heterocycles. The normalized spacial score (nSPS) is 14.0. The molecular weight excluding hydrogens is 448 g/mol. The number of carbonyl (C=O) groups excluding carboxylic acids is 2. The molecule has 0 fully saturated rings. The van der Waals surface area contributed by atoms with Gasteiger partial charge in [-0.15, -0.1) is 0 Å². The van der Waals surface area contributed by atoms with Crippen molar-refractivity contribution in [3.8, 4) is 11.5 Å². The van der Waals surface area contributed by atoms with E-state index in [1.807, 2.05) is 24.3 Å². The number of anilines is 1. The Morgan fingerprint density at radius 2 is 1.79 bits per heavy atom. The van der Waals surface area contributed by atoms with Gasteiger partial charge in [0.15, 0.2) is 11.5 Å². The first-order chi connectivity index (χ1) is 13.4. The molecular formula is C20H20BrClN2O4. The molecule has 6 nitrogen and oxygen atoms in total. The molecule has 1 atom stereocenters. The van der Waals surface area contributed by atoms with Crippen LogP contribution in [-0.4, -0.2) is 25.0 Å². The van der Waals surface area contributed by atoms with Crippen LogP contribution in [0.1, 0.15) is 31.4 Å². The lowest BCUT2D eigenvalue weighted by atomic mass is 10.0. The van der Waals surface area contributed by atoms with E-state index < -0.39 is 6.04 Å². The van der Waals surface area contributed by atoms with Gasteiger partial charge in [-0.3, -0.25) is 9.59 Å². The first-order valence-corrected chi connectivity index (χ1v) is 10.0. The van der Waals surface area contributed by atoms with Crippen molar-refractivity contribution in [2.75, 3.05) is 18.5 Å². The number of hydrogen-bond donors (Lipinski definition) is 2. The standard InChI is InChI=1S/C20H20BrClN2O4/c1-12(25)23-16(13-3-5-14(21)6-4-13)11-20(26)24-17-10-19-18(9-15(17)22)27-7-2-8-28-19/h3-6,9-10,16H,2,7-8,11H2,1H3,(H,23,25)(H,24,26). The number of ether oxygens (including phenoxy) is 2. The second kappa shape index (κ2) is 9.30. The van der Waals surface area contributed by atoms with Crippen LogP contribution in [0.3, 0.4) is 0 Å². The van der Waals surface area contributed by atoms with Gasteiger partial charge in [0.25, 0.3) is 0 Å². The summed E-state index contributed by atoms with van der Waals surface area (Å²) in [4.78, 5) is 24.2. The summed E-state index contributed by atoms with van der Waals surface area (Å²) in [5.41, 5.74) is 1.27. The quantitative estimate of drug-likeness (QED) is 0.680. The number of halogens is 2. The van der Waals surface area contributed by atoms with Gasteiger partial charge in [-0.25, -0.2) is 0 Å². The third-order valence-corrected chi connectivity index (χ3v) is 4.99. The van der Waals surface area contributed by atoms with Crippen molar-refractivity contribution in [1.29, 1.82) is 0 Å². The van der Waals surface area contributed by atoms with E-state index in [9.17, 15) is 9.59 Å². The van der Waals surface area contributed by atoms with Crippen LogP contribution in [0, 0.1) is 0 Å². The maximum absolute atomic E-state index is 12.6. The number of carbonyl (C=O) groups is 2. The lowest BCUT2D eigenvalue weighted by Gasteiger charge is -2.19. The third-order valence-electron chi connectivity index (χ3n) is 4.15. The van der Waals surface area contributed by atoms with Gasteiger partial charge >= 0.3 is 0 Å². The minimum absolute atomic E-state index is 0.0615. The van der Waals surface area contributed by atoms with Gasteiger partial charge in [-0.05, 0) is 17.7 Å². The Morgan fingerprint density at radius 1 is 1.14 bits per heavy atom. The van der Waals surface area contributed by atoms with Gasteiger partial charge in [0.1, 0.15) is 0 Å². The van der Waals surface area contributed by atoms with Crippen molar-refractivity contribution in [1.82, 2.24) is 5.32 Å². The Hall–Kier alpha value is -2.25. The van der Waals surface area contributed by atoms with E-state index >= 15 is 0 Å². The van der Waals surface area contributed by atoms with Gasteiger partial charge < -0.3 is 20.1 Å². The predicted molar refractivity (Wildman–Crippen MR) is 111 cm³/mol. The molecule has 1 aliphatic rings. The molecule has 1 unspecified atom stereocenters. The number of rotatable bonds is 5. The lowest BCUT2D eigenvalue weighted by molar-refractivity contribution is -0.120. The zero-order valence-corrected chi connectivity index (χ0v) is 17.6. The average molecular weight is 468 g/mol. The molecule has 0 aliphatic carbocycles. The molecule has 8 heteroatoms. The van der Waals surface area contributed by atoms with E-state index in [2.05, 4.69) is 26.6 Å². The maximum Gasteiger partial charge on any atom is 0.226 e. The zero-order valence-electron chi connectivity index (χ0n) is 15.3. The van der Waals surface area contributed by atoms with E-state index in [0.29, 0.717) is 35.4 Å². The molecule has 2 N–H and O–H groups in total. The molecule has 2 aromatic rings. The lowest BCUT2D eigenvalue weighted by Crippen LogP contribution is -2.29. The number of hydrogen-bond acceptors (Lipinski definition) is 4. The third kappa shape index (κ3) is 5.39. The monoisotopic (exact) mass is 466 g/mol. The highest BCUT2D eigenvalue weighted by atomic mass is 79.9. The Labute approximate surface area is 176 Å². The molecule has 0 radical (unpaired) electrons. The summed E-state index contributed by atoms with van der Waals surface area (Å²) in [7, 11) is 0. The van der Waals surface area contributed by atoms with Crippen LogP contribution < -0.4 is 20.1 Å². The number of fused-ring (bicyclic) bond motifs is 1. The summed E-state index contributed by atoms with van der Waals surface area (Å²) < 4.78 is 12.2.